The normalized spacial score (nSPS) is 13.6. The van der Waals surface area contributed by atoms with Gasteiger partial charge in [-0.3, -0.25) is 13.6 Å². The minimum absolute atomic E-state index is 0.0908. The molecule has 0 N–H and O–H groups in total. The number of aromatic nitrogens is 3. The van der Waals surface area contributed by atoms with Crippen LogP contribution in [0.2, 0.25) is 0 Å². The van der Waals surface area contributed by atoms with E-state index in [-0.39, 0.29) is 17.6 Å². The second kappa shape index (κ2) is 6.95. The van der Waals surface area contributed by atoms with Crippen LogP contribution in [0.5, 0.6) is 0 Å². The van der Waals surface area contributed by atoms with Crippen LogP contribution in [0.15, 0.2) is 29.7 Å². The highest BCUT2D eigenvalue weighted by Gasteiger charge is 2.20. The highest BCUT2D eigenvalue weighted by atomic mass is 32.2. The van der Waals surface area contributed by atoms with Gasteiger partial charge in [-0.1, -0.05) is 6.07 Å². The summed E-state index contributed by atoms with van der Waals surface area (Å²) in [6.45, 7) is 1.61. The van der Waals surface area contributed by atoms with E-state index in [1.807, 2.05) is 0 Å². The zero-order chi connectivity index (χ0) is 17.1. The molecular weight excluding hydrogens is 326 g/mol. The van der Waals surface area contributed by atoms with Gasteiger partial charge in [0.05, 0.1) is 16.8 Å². The molecule has 1 amide bonds. The van der Waals surface area contributed by atoms with Crippen LogP contribution in [-0.2, 0) is 22.1 Å². The summed E-state index contributed by atoms with van der Waals surface area (Å²) in [5, 5.41) is 7.54. The zero-order valence-corrected chi connectivity index (χ0v) is 13.7. The molecule has 2 rings (SSSR count). The third-order valence-electron chi connectivity index (χ3n) is 3.54. The van der Waals surface area contributed by atoms with E-state index in [2.05, 4.69) is 10.2 Å². The Kier molecular flexibility index (Phi) is 5.19. The monoisotopic (exact) mass is 342 g/mol. The molecule has 9 heteroatoms. The van der Waals surface area contributed by atoms with E-state index in [9.17, 15) is 17.8 Å². The van der Waals surface area contributed by atoms with Gasteiger partial charge in [-0.2, -0.15) is 0 Å². The number of benzene rings is 1. The van der Waals surface area contributed by atoms with Gasteiger partial charge in [-0.05, 0) is 24.6 Å². The first-order chi connectivity index (χ1) is 10.8. The highest BCUT2D eigenvalue weighted by molar-refractivity contribution is 7.84. The summed E-state index contributed by atoms with van der Waals surface area (Å²) in [6.07, 6.45) is 2.77. The first-order valence-corrected chi connectivity index (χ1v) is 8.29. The summed E-state index contributed by atoms with van der Waals surface area (Å²) in [4.78, 5) is 13.7. The van der Waals surface area contributed by atoms with Gasteiger partial charge in [-0.25, -0.2) is 8.78 Å². The fraction of sp³-hybridized carbons (Fsp3) is 0.357. The molecule has 0 fully saturated rings. The Hall–Kier alpha value is -2.16. The molecule has 0 saturated heterocycles. The second-order valence-corrected chi connectivity index (χ2v) is 6.32. The first kappa shape index (κ1) is 17.2. The average Bonchev–Trinajstić information content (AvgIpc) is 2.96. The van der Waals surface area contributed by atoms with Crippen molar-refractivity contribution in [2.75, 3.05) is 13.3 Å². The molecule has 2 atom stereocenters. The molecular formula is C14H16F2N4O2S. The maximum atomic E-state index is 13.3. The molecule has 0 radical (unpaired) electrons. The molecule has 2 aromatic rings. The predicted molar refractivity (Wildman–Crippen MR) is 79.9 cm³/mol. The van der Waals surface area contributed by atoms with Gasteiger partial charge in [-0.15, -0.1) is 10.2 Å². The maximum Gasteiger partial charge on any atom is 0.242 e. The topological polar surface area (TPSA) is 68.1 Å². The predicted octanol–water partition coefficient (Wildman–Crippen LogP) is 1.51. The number of rotatable bonds is 5. The van der Waals surface area contributed by atoms with Crippen LogP contribution < -0.4 is 0 Å². The Labute approximate surface area is 134 Å². The molecule has 23 heavy (non-hydrogen) atoms. The maximum absolute atomic E-state index is 13.3. The van der Waals surface area contributed by atoms with Gasteiger partial charge in [0.15, 0.2) is 11.6 Å². The van der Waals surface area contributed by atoms with Crippen molar-refractivity contribution in [3.05, 3.63) is 41.7 Å². The molecule has 0 spiro atoms. The zero-order valence-electron chi connectivity index (χ0n) is 12.9. The molecule has 1 heterocycles. The van der Waals surface area contributed by atoms with Crippen molar-refractivity contribution in [2.24, 2.45) is 0 Å². The Morgan fingerprint density at radius 2 is 2.09 bits per heavy atom. The van der Waals surface area contributed by atoms with Crippen molar-refractivity contribution in [2.45, 2.75) is 24.7 Å². The fourth-order valence-corrected chi connectivity index (χ4v) is 2.65. The lowest BCUT2D eigenvalue weighted by molar-refractivity contribution is -0.132. The number of halogens is 2. The Morgan fingerprint density at radius 1 is 1.39 bits per heavy atom. The quantitative estimate of drug-likeness (QED) is 0.826. The van der Waals surface area contributed by atoms with Crippen molar-refractivity contribution < 1.29 is 17.8 Å². The van der Waals surface area contributed by atoms with Crippen molar-refractivity contribution in [3.8, 4) is 0 Å². The molecule has 6 nitrogen and oxygen atoms in total. The van der Waals surface area contributed by atoms with E-state index < -0.39 is 28.5 Å². The lowest BCUT2D eigenvalue weighted by atomic mass is 10.1. The third-order valence-corrected chi connectivity index (χ3v) is 4.37. The van der Waals surface area contributed by atoms with Gasteiger partial charge in [0, 0.05) is 13.3 Å². The third kappa shape index (κ3) is 3.79. The number of likely N-dealkylation sites (N-methyl/N-ethyl adjacent to an activating group) is 1. The van der Waals surface area contributed by atoms with Crippen molar-refractivity contribution in [3.63, 3.8) is 0 Å². The number of hydrogen-bond acceptors (Lipinski definition) is 4. The average molecular weight is 342 g/mol. The number of carbonyl (C=O) groups is 1. The lowest BCUT2D eigenvalue weighted by Gasteiger charge is -2.25. The SMILES string of the molecule is C[C@@H](c1ccc(F)c(F)c1)N(C)C(=O)Cn1cnnc1[S@](C)=O. The van der Waals surface area contributed by atoms with Gasteiger partial charge >= 0.3 is 0 Å². The molecule has 1 aromatic carbocycles. The molecule has 0 aliphatic carbocycles. The van der Waals surface area contributed by atoms with E-state index in [0.29, 0.717) is 5.56 Å². The summed E-state index contributed by atoms with van der Waals surface area (Å²) in [6, 6.07) is 3.06. The molecule has 0 aliphatic rings. The Morgan fingerprint density at radius 3 is 2.70 bits per heavy atom. The number of carbonyl (C=O) groups excluding carboxylic acids is 1. The first-order valence-electron chi connectivity index (χ1n) is 6.73. The van der Waals surface area contributed by atoms with Crippen molar-refractivity contribution >= 4 is 16.7 Å². The van der Waals surface area contributed by atoms with Gasteiger partial charge in [0.2, 0.25) is 11.1 Å². The van der Waals surface area contributed by atoms with E-state index in [4.69, 9.17) is 0 Å². The van der Waals surface area contributed by atoms with Crippen molar-refractivity contribution in [1.29, 1.82) is 0 Å². The summed E-state index contributed by atoms with van der Waals surface area (Å²) >= 11 is 0. The minimum atomic E-state index is -1.36. The number of hydrogen-bond donors (Lipinski definition) is 0. The second-order valence-electron chi connectivity index (χ2n) is 5.05. The summed E-state index contributed by atoms with van der Waals surface area (Å²) in [5.74, 6) is -2.19. The van der Waals surface area contributed by atoms with Crippen LogP contribution in [0.1, 0.15) is 18.5 Å². The lowest BCUT2D eigenvalue weighted by Crippen LogP contribution is -2.33. The van der Waals surface area contributed by atoms with Crippen LogP contribution in [0, 0.1) is 11.6 Å². The van der Waals surface area contributed by atoms with Gasteiger partial charge < -0.3 is 4.90 Å². The van der Waals surface area contributed by atoms with E-state index in [0.717, 1.165) is 12.1 Å². The Bertz CT molecular complexity index is 750. The molecule has 0 bridgehead atoms. The highest BCUT2D eigenvalue weighted by Crippen LogP contribution is 2.21. The molecule has 0 unspecified atom stereocenters. The molecule has 1 aromatic heterocycles. The standard InChI is InChI=1S/C14H16F2N4O2S/c1-9(10-4-5-11(15)12(16)6-10)19(2)13(21)7-20-8-17-18-14(20)23(3)22/h4-6,8-9H,7H2,1-3H3/t9-,23-/m0/s1. The fourth-order valence-electron chi connectivity index (χ4n) is 2.04. The van der Waals surface area contributed by atoms with Crippen LogP contribution in [0.3, 0.4) is 0 Å². The van der Waals surface area contributed by atoms with E-state index in [1.54, 1.807) is 14.0 Å². The molecule has 0 saturated carbocycles. The smallest absolute Gasteiger partial charge is 0.242 e. The van der Waals surface area contributed by atoms with E-state index >= 15 is 0 Å². The number of nitrogens with zero attached hydrogens (tertiary/aromatic N) is 4. The summed E-state index contributed by atoms with van der Waals surface area (Å²) in [7, 11) is 0.193. The van der Waals surface area contributed by atoms with Gasteiger partial charge in [0.1, 0.15) is 12.9 Å². The minimum Gasteiger partial charge on any atom is -0.337 e. The van der Waals surface area contributed by atoms with Gasteiger partial charge in [0.25, 0.3) is 0 Å². The number of amides is 1. The molecule has 0 aliphatic heterocycles. The Balaban J connectivity index is 2.13. The van der Waals surface area contributed by atoms with Crippen LogP contribution in [-0.4, -0.2) is 43.1 Å². The summed E-state index contributed by atoms with van der Waals surface area (Å²) in [5.41, 5.74) is 0.475. The van der Waals surface area contributed by atoms with Crippen molar-refractivity contribution in [1.82, 2.24) is 19.7 Å². The van der Waals surface area contributed by atoms with Crippen LogP contribution >= 0.6 is 0 Å². The van der Waals surface area contributed by atoms with Crippen LogP contribution in [0.4, 0.5) is 8.78 Å². The van der Waals surface area contributed by atoms with E-state index in [1.165, 1.54) is 28.1 Å². The van der Waals surface area contributed by atoms with Crippen LogP contribution in [0.25, 0.3) is 0 Å². The summed E-state index contributed by atoms with van der Waals surface area (Å²) < 4.78 is 39.2. The molecule has 124 valence electrons. The largest absolute Gasteiger partial charge is 0.337 e.